The van der Waals surface area contributed by atoms with Crippen LogP contribution in [-0.4, -0.2) is 11.3 Å². The number of hydrogen-bond acceptors (Lipinski definition) is 2. The minimum Gasteiger partial charge on any atom is -0.379 e. The molecule has 1 aliphatic carbocycles. The highest BCUT2D eigenvalue weighted by atomic mass is 35.5. The predicted molar refractivity (Wildman–Crippen MR) is 46.1 cm³/mol. The van der Waals surface area contributed by atoms with Crippen LogP contribution < -0.4 is 5.73 Å². The van der Waals surface area contributed by atoms with Crippen LogP contribution in [0.1, 0.15) is 25.7 Å². The fourth-order valence-electron chi connectivity index (χ4n) is 1.37. The molecule has 0 saturated heterocycles. The summed E-state index contributed by atoms with van der Waals surface area (Å²) in [6.07, 6.45) is 5.01. The highest BCUT2D eigenvalue weighted by Gasteiger charge is 2.16. The molecule has 1 aliphatic rings. The third kappa shape index (κ3) is 2.81. The van der Waals surface area contributed by atoms with E-state index in [0.717, 1.165) is 30.7 Å². The summed E-state index contributed by atoms with van der Waals surface area (Å²) in [5, 5.41) is 10.0. The van der Waals surface area contributed by atoms with Crippen LogP contribution in [-0.2, 0) is 0 Å². The van der Waals surface area contributed by atoms with Gasteiger partial charge >= 0.3 is 0 Å². The molecule has 64 valence electrons. The molecule has 2 unspecified atom stereocenters. The number of aliphatic hydroxyl groups excluding tert-OH is 1. The SMILES string of the molecule is NC(O)C1CCC=C(Cl)CC1. The van der Waals surface area contributed by atoms with Crippen molar-refractivity contribution in [2.24, 2.45) is 11.7 Å². The summed E-state index contributed by atoms with van der Waals surface area (Å²) >= 11 is 5.83. The van der Waals surface area contributed by atoms with E-state index in [1.54, 1.807) is 0 Å². The second kappa shape index (κ2) is 4.10. The number of allylic oxidation sites excluding steroid dienone is 2. The maximum absolute atomic E-state index is 9.10. The van der Waals surface area contributed by atoms with Crippen molar-refractivity contribution in [2.45, 2.75) is 31.9 Å². The normalized spacial score (nSPS) is 29.0. The van der Waals surface area contributed by atoms with Crippen molar-refractivity contribution >= 4 is 11.6 Å². The summed E-state index contributed by atoms with van der Waals surface area (Å²) in [6.45, 7) is 0. The van der Waals surface area contributed by atoms with Gasteiger partial charge in [-0.15, -0.1) is 0 Å². The van der Waals surface area contributed by atoms with E-state index >= 15 is 0 Å². The zero-order valence-electron chi connectivity index (χ0n) is 6.46. The lowest BCUT2D eigenvalue weighted by molar-refractivity contribution is 0.105. The van der Waals surface area contributed by atoms with E-state index in [1.165, 1.54) is 0 Å². The molecule has 3 heteroatoms. The molecule has 0 bridgehead atoms. The molecular weight excluding hydrogens is 162 g/mol. The summed E-state index contributed by atoms with van der Waals surface area (Å²) in [6, 6.07) is 0. The molecule has 2 atom stereocenters. The van der Waals surface area contributed by atoms with Crippen LogP contribution in [0.5, 0.6) is 0 Å². The third-order valence-corrected chi connectivity index (χ3v) is 2.48. The first kappa shape index (κ1) is 9.04. The van der Waals surface area contributed by atoms with E-state index in [0.29, 0.717) is 0 Å². The van der Waals surface area contributed by atoms with Crippen molar-refractivity contribution in [3.63, 3.8) is 0 Å². The number of rotatable bonds is 1. The molecule has 0 aromatic carbocycles. The Morgan fingerprint density at radius 3 is 3.00 bits per heavy atom. The highest BCUT2D eigenvalue weighted by Crippen LogP contribution is 2.25. The smallest absolute Gasteiger partial charge is 0.105 e. The first-order chi connectivity index (χ1) is 5.20. The minimum atomic E-state index is -0.675. The van der Waals surface area contributed by atoms with E-state index < -0.39 is 6.23 Å². The van der Waals surface area contributed by atoms with Crippen LogP contribution in [0.3, 0.4) is 0 Å². The van der Waals surface area contributed by atoms with Crippen LogP contribution >= 0.6 is 11.6 Å². The molecular formula is C8H14ClNO. The average Bonchev–Trinajstić information content (AvgIpc) is 2.13. The summed E-state index contributed by atoms with van der Waals surface area (Å²) in [4.78, 5) is 0. The predicted octanol–water partition coefficient (Wildman–Crippen LogP) is 1.58. The van der Waals surface area contributed by atoms with Gasteiger partial charge in [0, 0.05) is 5.03 Å². The Morgan fingerprint density at radius 2 is 2.36 bits per heavy atom. The minimum absolute atomic E-state index is 0.225. The maximum atomic E-state index is 9.10. The van der Waals surface area contributed by atoms with Crippen LogP contribution in [0.25, 0.3) is 0 Å². The van der Waals surface area contributed by atoms with Crippen molar-refractivity contribution in [3.8, 4) is 0 Å². The largest absolute Gasteiger partial charge is 0.379 e. The van der Waals surface area contributed by atoms with Crippen LogP contribution in [0, 0.1) is 5.92 Å². The molecule has 0 amide bonds. The van der Waals surface area contributed by atoms with Gasteiger partial charge in [0.1, 0.15) is 6.23 Å². The lowest BCUT2D eigenvalue weighted by atomic mass is 9.99. The molecule has 1 rings (SSSR count). The number of hydrogen-bond donors (Lipinski definition) is 2. The molecule has 0 saturated carbocycles. The van der Waals surface area contributed by atoms with Crippen molar-refractivity contribution in [1.82, 2.24) is 0 Å². The van der Waals surface area contributed by atoms with Gasteiger partial charge in [0.15, 0.2) is 0 Å². The fourth-order valence-corrected chi connectivity index (χ4v) is 1.58. The first-order valence-electron chi connectivity index (χ1n) is 3.98. The topological polar surface area (TPSA) is 46.2 Å². The fraction of sp³-hybridized carbons (Fsp3) is 0.750. The van der Waals surface area contributed by atoms with E-state index in [-0.39, 0.29) is 5.92 Å². The van der Waals surface area contributed by atoms with Gasteiger partial charge < -0.3 is 10.8 Å². The van der Waals surface area contributed by atoms with Crippen molar-refractivity contribution < 1.29 is 5.11 Å². The summed E-state index contributed by atoms with van der Waals surface area (Å²) < 4.78 is 0. The van der Waals surface area contributed by atoms with Gasteiger partial charge in [-0.05, 0) is 31.6 Å². The van der Waals surface area contributed by atoms with Crippen molar-refractivity contribution in [3.05, 3.63) is 11.1 Å². The first-order valence-corrected chi connectivity index (χ1v) is 4.36. The Labute approximate surface area is 72.0 Å². The Balaban J connectivity index is 2.41. The Morgan fingerprint density at radius 1 is 1.64 bits per heavy atom. The lowest BCUT2D eigenvalue weighted by Crippen LogP contribution is -2.29. The monoisotopic (exact) mass is 175 g/mol. The van der Waals surface area contributed by atoms with E-state index in [9.17, 15) is 0 Å². The van der Waals surface area contributed by atoms with E-state index in [2.05, 4.69) is 0 Å². The van der Waals surface area contributed by atoms with Gasteiger partial charge in [-0.25, -0.2) is 0 Å². The lowest BCUT2D eigenvalue weighted by Gasteiger charge is -2.16. The average molecular weight is 176 g/mol. The summed E-state index contributed by atoms with van der Waals surface area (Å²) in [5.74, 6) is 0.225. The zero-order valence-corrected chi connectivity index (χ0v) is 7.22. The molecule has 0 fully saturated rings. The standard InChI is InChI=1S/C8H14ClNO/c9-7-3-1-2-6(4-5-7)8(10)11/h3,6,8,11H,1-2,4-5,10H2. The highest BCUT2D eigenvalue weighted by molar-refractivity contribution is 6.29. The molecule has 0 heterocycles. The van der Waals surface area contributed by atoms with Gasteiger partial charge in [0.05, 0.1) is 0 Å². The number of aliphatic hydroxyl groups is 1. The molecule has 0 aliphatic heterocycles. The molecule has 0 aromatic heterocycles. The quantitative estimate of drug-likeness (QED) is 0.595. The van der Waals surface area contributed by atoms with Gasteiger partial charge in [-0.2, -0.15) is 0 Å². The molecule has 0 aromatic rings. The Bertz CT molecular complexity index is 156. The number of nitrogens with two attached hydrogens (primary N) is 1. The molecule has 11 heavy (non-hydrogen) atoms. The molecule has 0 radical (unpaired) electrons. The van der Waals surface area contributed by atoms with Gasteiger partial charge in [-0.3, -0.25) is 0 Å². The summed E-state index contributed by atoms with van der Waals surface area (Å²) in [7, 11) is 0. The third-order valence-electron chi connectivity index (χ3n) is 2.14. The van der Waals surface area contributed by atoms with Gasteiger partial charge in [0.25, 0.3) is 0 Å². The van der Waals surface area contributed by atoms with Gasteiger partial charge in [-0.1, -0.05) is 17.7 Å². The number of halogens is 1. The maximum Gasteiger partial charge on any atom is 0.105 e. The Kier molecular flexibility index (Phi) is 3.37. The van der Waals surface area contributed by atoms with Crippen molar-refractivity contribution in [2.75, 3.05) is 0 Å². The molecule has 2 nitrogen and oxygen atoms in total. The second-order valence-corrected chi connectivity index (χ2v) is 3.50. The van der Waals surface area contributed by atoms with Crippen LogP contribution in [0.15, 0.2) is 11.1 Å². The van der Waals surface area contributed by atoms with Crippen LogP contribution in [0.4, 0.5) is 0 Å². The van der Waals surface area contributed by atoms with Gasteiger partial charge in [0.2, 0.25) is 0 Å². The second-order valence-electron chi connectivity index (χ2n) is 3.02. The van der Waals surface area contributed by atoms with Crippen LogP contribution in [0.2, 0.25) is 0 Å². The van der Waals surface area contributed by atoms with E-state index in [1.807, 2.05) is 6.08 Å². The van der Waals surface area contributed by atoms with E-state index in [4.69, 9.17) is 22.4 Å². The van der Waals surface area contributed by atoms with Crippen molar-refractivity contribution in [1.29, 1.82) is 0 Å². The summed E-state index contributed by atoms with van der Waals surface area (Å²) in [5.41, 5.74) is 5.37. The Hall–Kier alpha value is -0.0500. The zero-order chi connectivity index (χ0) is 8.27. The molecule has 0 spiro atoms. The molecule has 3 N–H and O–H groups in total.